The summed E-state index contributed by atoms with van der Waals surface area (Å²) in [6, 6.07) is 3.65. The number of nitrogens with one attached hydrogen (secondary N) is 2. The highest BCUT2D eigenvalue weighted by atomic mass is 79.9. The maximum atomic E-state index is 12.1. The molecule has 0 radical (unpaired) electrons. The number of carbonyl (C=O) groups is 2. The molecule has 0 bridgehead atoms. The van der Waals surface area contributed by atoms with Crippen LogP contribution in [0.4, 0.5) is 11.4 Å². The van der Waals surface area contributed by atoms with Crippen LogP contribution in [0.25, 0.3) is 0 Å². The Balaban J connectivity index is 0.00000200. The summed E-state index contributed by atoms with van der Waals surface area (Å²) in [7, 11) is 0. The van der Waals surface area contributed by atoms with Gasteiger partial charge in [-0.3, -0.25) is 9.59 Å². The fraction of sp³-hybridized carbons (Fsp3) is 0.385. The first-order chi connectivity index (χ1) is 8.97. The van der Waals surface area contributed by atoms with Crippen molar-refractivity contribution in [2.24, 2.45) is 5.92 Å². The second-order valence-corrected chi connectivity index (χ2v) is 5.63. The zero-order valence-corrected chi connectivity index (χ0v) is 13.4. The van der Waals surface area contributed by atoms with Gasteiger partial charge in [-0.2, -0.15) is 0 Å². The van der Waals surface area contributed by atoms with Crippen LogP contribution in [0.5, 0.6) is 0 Å². The van der Waals surface area contributed by atoms with Crippen LogP contribution in [0.3, 0.4) is 0 Å². The van der Waals surface area contributed by atoms with E-state index in [1.54, 1.807) is 6.07 Å². The van der Waals surface area contributed by atoms with E-state index in [2.05, 4.69) is 26.6 Å². The van der Waals surface area contributed by atoms with Crippen LogP contribution >= 0.6 is 28.3 Å². The van der Waals surface area contributed by atoms with Crippen LogP contribution < -0.4 is 16.4 Å². The van der Waals surface area contributed by atoms with Crippen molar-refractivity contribution in [2.75, 3.05) is 17.6 Å². The molecule has 0 aromatic heterocycles. The van der Waals surface area contributed by atoms with E-state index < -0.39 is 0 Å². The van der Waals surface area contributed by atoms with Crippen molar-refractivity contribution >= 4 is 51.5 Å². The molecular formula is C13H17BrClN3O2. The van der Waals surface area contributed by atoms with Crippen molar-refractivity contribution in [3.63, 3.8) is 0 Å². The summed E-state index contributed by atoms with van der Waals surface area (Å²) in [5, 5.41) is 5.52. The van der Waals surface area contributed by atoms with Crippen LogP contribution in [0.15, 0.2) is 16.6 Å². The van der Waals surface area contributed by atoms with E-state index in [9.17, 15) is 9.59 Å². The number of hydrogen-bond acceptors (Lipinski definition) is 3. The Hall–Kier alpha value is -1.27. The predicted octanol–water partition coefficient (Wildman–Crippen LogP) is 2.23. The zero-order valence-electron chi connectivity index (χ0n) is 11.0. The number of anilines is 2. The highest BCUT2D eigenvalue weighted by Crippen LogP contribution is 2.28. The Morgan fingerprint density at radius 3 is 2.85 bits per heavy atom. The van der Waals surface area contributed by atoms with Crippen LogP contribution in [0, 0.1) is 12.8 Å². The molecule has 1 saturated heterocycles. The molecule has 7 heteroatoms. The number of amides is 2. The molecule has 0 spiro atoms. The lowest BCUT2D eigenvalue weighted by molar-refractivity contribution is -0.129. The molecule has 2 amide bonds. The molecule has 4 N–H and O–H groups in total. The second-order valence-electron chi connectivity index (χ2n) is 4.71. The van der Waals surface area contributed by atoms with E-state index in [0.717, 1.165) is 10.0 Å². The smallest absolute Gasteiger partial charge is 0.228 e. The minimum Gasteiger partial charge on any atom is -0.397 e. The van der Waals surface area contributed by atoms with Gasteiger partial charge >= 0.3 is 0 Å². The fourth-order valence-electron chi connectivity index (χ4n) is 2.10. The maximum Gasteiger partial charge on any atom is 0.228 e. The van der Waals surface area contributed by atoms with Gasteiger partial charge < -0.3 is 16.4 Å². The van der Waals surface area contributed by atoms with Gasteiger partial charge in [-0.15, -0.1) is 12.4 Å². The average Bonchev–Trinajstić information content (AvgIpc) is 2.35. The molecule has 1 aromatic rings. The lowest BCUT2D eigenvalue weighted by Gasteiger charge is -2.22. The van der Waals surface area contributed by atoms with Crippen molar-refractivity contribution in [3.8, 4) is 0 Å². The summed E-state index contributed by atoms with van der Waals surface area (Å²) in [5.41, 5.74) is 7.97. The van der Waals surface area contributed by atoms with Crippen molar-refractivity contribution in [1.82, 2.24) is 5.32 Å². The monoisotopic (exact) mass is 361 g/mol. The number of piperidine rings is 1. The number of nitrogen functional groups attached to an aromatic ring is 1. The summed E-state index contributed by atoms with van der Waals surface area (Å²) in [6.07, 6.45) is 0.892. The largest absolute Gasteiger partial charge is 0.397 e. The first-order valence-electron chi connectivity index (χ1n) is 6.10. The zero-order chi connectivity index (χ0) is 14.0. The first-order valence-corrected chi connectivity index (χ1v) is 6.90. The third-order valence-electron chi connectivity index (χ3n) is 3.23. The van der Waals surface area contributed by atoms with E-state index in [1.807, 2.05) is 13.0 Å². The van der Waals surface area contributed by atoms with Crippen LogP contribution in [-0.4, -0.2) is 18.4 Å². The SMILES string of the molecule is Cc1cc(Br)cc(NC(=O)C2CCNC(=O)C2)c1N.Cl. The number of rotatable bonds is 2. The summed E-state index contributed by atoms with van der Waals surface area (Å²) in [6.45, 7) is 2.42. The molecule has 0 saturated carbocycles. The van der Waals surface area contributed by atoms with Gasteiger partial charge in [-0.25, -0.2) is 0 Å². The van der Waals surface area contributed by atoms with E-state index in [-0.39, 0.29) is 36.6 Å². The Bertz CT molecular complexity index is 537. The summed E-state index contributed by atoms with van der Waals surface area (Å²) in [5.74, 6) is -0.517. The summed E-state index contributed by atoms with van der Waals surface area (Å²) < 4.78 is 0.857. The van der Waals surface area contributed by atoms with Gasteiger partial charge in [0.15, 0.2) is 0 Å². The molecular weight excluding hydrogens is 346 g/mol. The standard InChI is InChI=1S/C13H16BrN3O2.ClH/c1-7-4-9(14)6-10(12(7)15)17-13(19)8-2-3-16-11(18)5-8;/h4,6,8H,2-3,5,15H2,1H3,(H,16,18)(H,17,19);1H. The van der Waals surface area contributed by atoms with E-state index in [1.165, 1.54) is 0 Å². The molecule has 110 valence electrons. The van der Waals surface area contributed by atoms with Crippen molar-refractivity contribution in [2.45, 2.75) is 19.8 Å². The lowest BCUT2D eigenvalue weighted by atomic mass is 9.96. The molecule has 2 rings (SSSR count). The number of aryl methyl sites for hydroxylation is 1. The average molecular weight is 363 g/mol. The molecule has 0 aliphatic carbocycles. The second kappa shape index (κ2) is 6.95. The first kappa shape index (κ1) is 16.8. The number of hydrogen-bond donors (Lipinski definition) is 3. The Kier molecular flexibility index (Phi) is 5.83. The topological polar surface area (TPSA) is 84.2 Å². The molecule has 5 nitrogen and oxygen atoms in total. The van der Waals surface area contributed by atoms with Gasteiger partial charge in [0.05, 0.1) is 11.4 Å². The van der Waals surface area contributed by atoms with Crippen molar-refractivity contribution < 1.29 is 9.59 Å². The molecule has 1 unspecified atom stereocenters. The Morgan fingerprint density at radius 1 is 1.50 bits per heavy atom. The third kappa shape index (κ3) is 3.86. The maximum absolute atomic E-state index is 12.1. The van der Waals surface area contributed by atoms with Gasteiger partial charge in [-0.1, -0.05) is 15.9 Å². The van der Waals surface area contributed by atoms with E-state index in [4.69, 9.17) is 5.73 Å². The highest BCUT2D eigenvalue weighted by Gasteiger charge is 2.26. The molecule has 1 atom stereocenters. The minimum absolute atomic E-state index is 0. The lowest BCUT2D eigenvalue weighted by Crippen LogP contribution is -2.38. The number of benzene rings is 1. The molecule has 1 heterocycles. The van der Waals surface area contributed by atoms with Gasteiger partial charge in [-0.05, 0) is 31.0 Å². The number of nitrogens with two attached hydrogens (primary N) is 1. The number of halogens is 2. The van der Waals surface area contributed by atoms with Gasteiger partial charge in [0.1, 0.15) is 0 Å². The van der Waals surface area contributed by atoms with E-state index in [0.29, 0.717) is 24.3 Å². The Morgan fingerprint density at radius 2 is 2.20 bits per heavy atom. The fourth-order valence-corrected chi connectivity index (χ4v) is 2.67. The van der Waals surface area contributed by atoms with Crippen molar-refractivity contribution in [1.29, 1.82) is 0 Å². The summed E-state index contributed by atoms with van der Waals surface area (Å²) >= 11 is 3.37. The summed E-state index contributed by atoms with van der Waals surface area (Å²) in [4.78, 5) is 23.4. The van der Waals surface area contributed by atoms with E-state index >= 15 is 0 Å². The molecule has 20 heavy (non-hydrogen) atoms. The Labute approximate surface area is 132 Å². The van der Waals surface area contributed by atoms with Crippen LogP contribution in [0.2, 0.25) is 0 Å². The normalized spacial score (nSPS) is 17.9. The molecule has 1 aliphatic heterocycles. The van der Waals surface area contributed by atoms with Gasteiger partial charge in [0, 0.05) is 23.4 Å². The predicted molar refractivity (Wildman–Crippen MR) is 84.9 cm³/mol. The third-order valence-corrected chi connectivity index (χ3v) is 3.68. The quantitative estimate of drug-likeness (QED) is 0.705. The van der Waals surface area contributed by atoms with Gasteiger partial charge in [0.2, 0.25) is 11.8 Å². The minimum atomic E-state index is -0.285. The van der Waals surface area contributed by atoms with Crippen molar-refractivity contribution in [3.05, 3.63) is 22.2 Å². The van der Waals surface area contributed by atoms with Crippen LogP contribution in [-0.2, 0) is 9.59 Å². The highest BCUT2D eigenvalue weighted by molar-refractivity contribution is 9.10. The van der Waals surface area contributed by atoms with Gasteiger partial charge in [0.25, 0.3) is 0 Å². The molecule has 1 aliphatic rings. The molecule has 1 aromatic carbocycles. The molecule has 1 fully saturated rings. The number of carbonyl (C=O) groups excluding carboxylic acids is 2. The van der Waals surface area contributed by atoms with Crippen LogP contribution in [0.1, 0.15) is 18.4 Å².